The van der Waals surface area contributed by atoms with Crippen LogP contribution in [-0.4, -0.2) is 4.98 Å². The predicted molar refractivity (Wildman–Crippen MR) is 73.7 cm³/mol. The second-order valence-electron chi connectivity index (χ2n) is 3.61. The molecule has 0 aromatic carbocycles. The van der Waals surface area contributed by atoms with Gasteiger partial charge in [0, 0.05) is 17.3 Å². The van der Waals surface area contributed by atoms with Gasteiger partial charge in [-0.3, -0.25) is 4.98 Å². The van der Waals surface area contributed by atoms with E-state index < -0.39 is 0 Å². The Kier molecular flexibility index (Phi) is 4.00. The van der Waals surface area contributed by atoms with Gasteiger partial charge in [-0.2, -0.15) is 0 Å². The Balaban J connectivity index is 2.17. The Labute approximate surface area is 113 Å². The summed E-state index contributed by atoms with van der Waals surface area (Å²) in [7, 11) is 0. The van der Waals surface area contributed by atoms with Crippen molar-refractivity contribution in [1.82, 2.24) is 4.98 Å². The van der Waals surface area contributed by atoms with Crippen LogP contribution in [0.3, 0.4) is 0 Å². The van der Waals surface area contributed by atoms with Crippen molar-refractivity contribution in [3.05, 3.63) is 50.9 Å². The van der Waals surface area contributed by atoms with Crippen molar-refractivity contribution < 1.29 is 0 Å². The van der Waals surface area contributed by atoms with Gasteiger partial charge in [0.25, 0.3) is 0 Å². The van der Waals surface area contributed by atoms with Crippen molar-refractivity contribution in [2.75, 3.05) is 0 Å². The Morgan fingerprint density at radius 3 is 2.94 bits per heavy atom. The molecule has 84 valence electrons. The lowest BCUT2D eigenvalue weighted by Gasteiger charge is -2.10. The van der Waals surface area contributed by atoms with E-state index in [4.69, 9.17) is 11.6 Å². The molecular weight excluding hydrogens is 306 g/mol. The predicted octanol–water partition coefficient (Wildman–Crippen LogP) is 4.78. The first kappa shape index (κ1) is 12.1. The molecule has 0 N–H and O–H groups in total. The number of rotatable bonds is 3. The lowest BCUT2D eigenvalue weighted by molar-refractivity contribution is 0.956. The fourth-order valence-electron chi connectivity index (χ4n) is 1.56. The number of hydrogen-bond donors (Lipinski definition) is 0. The third-order valence-corrected chi connectivity index (χ3v) is 5.00. The number of aromatic nitrogens is 1. The summed E-state index contributed by atoms with van der Waals surface area (Å²) in [5, 5.41) is 2.86. The maximum Gasteiger partial charge on any atom is 0.0621 e. The van der Waals surface area contributed by atoms with Gasteiger partial charge >= 0.3 is 0 Å². The minimum Gasteiger partial charge on any atom is -0.263 e. The van der Waals surface area contributed by atoms with Gasteiger partial charge < -0.3 is 0 Å². The van der Waals surface area contributed by atoms with E-state index in [9.17, 15) is 0 Å². The second kappa shape index (κ2) is 5.30. The molecule has 1 atom stereocenters. The molecule has 0 bridgehead atoms. The van der Waals surface area contributed by atoms with E-state index in [0.717, 1.165) is 17.0 Å². The van der Waals surface area contributed by atoms with E-state index in [1.54, 1.807) is 23.7 Å². The Morgan fingerprint density at radius 1 is 1.50 bits per heavy atom. The van der Waals surface area contributed by atoms with Crippen molar-refractivity contribution in [3.8, 4) is 0 Å². The molecule has 0 fully saturated rings. The minimum absolute atomic E-state index is 0.326. The molecule has 0 aliphatic heterocycles. The highest BCUT2D eigenvalue weighted by Crippen LogP contribution is 2.34. The lowest BCUT2D eigenvalue weighted by Crippen LogP contribution is -1.95. The normalized spacial score (nSPS) is 12.7. The standard InChI is InChI=1S/C12H11BrClNS/c1-8-3-5-16-12(8)10(13)6-9-2-4-15-7-11(9)14/h2-5,7,10H,6H2,1H3. The summed E-state index contributed by atoms with van der Waals surface area (Å²) in [6, 6.07) is 4.11. The number of nitrogens with zero attached hydrogens (tertiary/aromatic N) is 1. The van der Waals surface area contributed by atoms with Gasteiger partial charge in [-0.15, -0.1) is 11.3 Å². The topological polar surface area (TPSA) is 12.9 Å². The molecule has 2 aromatic heterocycles. The highest BCUT2D eigenvalue weighted by atomic mass is 79.9. The third-order valence-electron chi connectivity index (χ3n) is 2.44. The number of alkyl halides is 1. The first-order valence-electron chi connectivity index (χ1n) is 4.95. The third kappa shape index (κ3) is 2.65. The van der Waals surface area contributed by atoms with Crippen LogP contribution < -0.4 is 0 Å². The molecule has 16 heavy (non-hydrogen) atoms. The van der Waals surface area contributed by atoms with Gasteiger partial charge in [-0.05, 0) is 42.0 Å². The van der Waals surface area contributed by atoms with Gasteiger partial charge in [0.1, 0.15) is 0 Å². The fraction of sp³-hybridized carbons (Fsp3) is 0.250. The van der Waals surface area contributed by atoms with Gasteiger partial charge in [-0.1, -0.05) is 27.5 Å². The monoisotopic (exact) mass is 315 g/mol. The second-order valence-corrected chi connectivity index (χ2v) is 6.07. The first-order valence-corrected chi connectivity index (χ1v) is 7.12. The molecule has 0 radical (unpaired) electrons. The van der Waals surface area contributed by atoms with Crippen molar-refractivity contribution in [2.24, 2.45) is 0 Å². The Bertz CT molecular complexity index is 483. The molecule has 0 spiro atoms. The van der Waals surface area contributed by atoms with Crippen molar-refractivity contribution >= 4 is 38.9 Å². The number of halogens is 2. The number of pyridine rings is 1. The SMILES string of the molecule is Cc1ccsc1C(Br)Cc1ccncc1Cl. The van der Waals surface area contributed by atoms with E-state index in [1.807, 2.05) is 6.07 Å². The van der Waals surface area contributed by atoms with Crippen LogP contribution in [0.2, 0.25) is 5.02 Å². The van der Waals surface area contributed by atoms with Gasteiger partial charge in [-0.25, -0.2) is 0 Å². The largest absolute Gasteiger partial charge is 0.263 e. The molecule has 0 saturated heterocycles. The van der Waals surface area contributed by atoms with E-state index >= 15 is 0 Å². The molecule has 2 aromatic rings. The molecular formula is C12H11BrClNS. The summed E-state index contributed by atoms with van der Waals surface area (Å²) in [6.45, 7) is 2.13. The summed E-state index contributed by atoms with van der Waals surface area (Å²) in [5.74, 6) is 0. The molecule has 2 rings (SSSR count). The van der Waals surface area contributed by atoms with Crippen LogP contribution in [-0.2, 0) is 6.42 Å². The zero-order valence-electron chi connectivity index (χ0n) is 8.78. The van der Waals surface area contributed by atoms with E-state index in [0.29, 0.717) is 4.83 Å². The van der Waals surface area contributed by atoms with Gasteiger partial charge in [0.05, 0.1) is 9.85 Å². The molecule has 0 aliphatic rings. The van der Waals surface area contributed by atoms with Gasteiger partial charge in [0.15, 0.2) is 0 Å². The summed E-state index contributed by atoms with van der Waals surface area (Å²) >= 11 is 11.6. The van der Waals surface area contributed by atoms with E-state index in [1.165, 1.54) is 10.4 Å². The van der Waals surface area contributed by atoms with Crippen LogP contribution in [0.15, 0.2) is 29.9 Å². The van der Waals surface area contributed by atoms with Crippen LogP contribution >= 0.6 is 38.9 Å². The maximum atomic E-state index is 6.09. The molecule has 4 heteroatoms. The summed E-state index contributed by atoms with van der Waals surface area (Å²) in [6.07, 6.45) is 4.36. The smallest absolute Gasteiger partial charge is 0.0621 e. The van der Waals surface area contributed by atoms with Crippen LogP contribution in [0.5, 0.6) is 0 Å². The first-order chi connectivity index (χ1) is 7.68. The zero-order chi connectivity index (χ0) is 11.5. The lowest BCUT2D eigenvalue weighted by atomic mass is 10.1. The van der Waals surface area contributed by atoms with Crippen LogP contribution in [0, 0.1) is 6.92 Å². The summed E-state index contributed by atoms with van der Waals surface area (Å²) < 4.78 is 0. The van der Waals surface area contributed by atoms with Crippen molar-refractivity contribution in [3.63, 3.8) is 0 Å². The molecule has 1 unspecified atom stereocenters. The van der Waals surface area contributed by atoms with Crippen molar-refractivity contribution in [2.45, 2.75) is 18.2 Å². The van der Waals surface area contributed by atoms with Crippen LogP contribution in [0.25, 0.3) is 0 Å². The number of aryl methyl sites for hydroxylation is 1. The molecule has 0 saturated carbocycles. The van der Waals surface area contributed by atoms with Crippen LogP contribution in [0.4, 0.5) is 0 Å². The average molecular weight is 317 g/mol. The maximum absolute atomic E-state index is 6.09. The minimum atomic E-state index is 0.326. The van der Waals surface area contributed by atoms with E-state index in [2.05, 4.69) is 39.3 Å². The molecule has 2 heterocycles. The molecule has 0 amide bonds. The number of thiophene rings is 1. The van der Waals surface area contributed by atoms with E-state index in [-0.39, 0.29) is 0 Å². The summed E-state index contributed by atoms with van der Waals surface area (Å²) in [5.41, 5.74) is 2.46. The van der Waals surface area contributed by atoms with Crippen molar-refractivity contribution in [1.29, 1.82) is 0 Å². The fourth-order valence-corrected chi connectivity index (χ4v) is 3.69. The van der Waals surface area contributed by atoms with Gasteiger partial charge in [0.2, 0.25) is 0 Å². The molecule has 0 aliphatic carbocycles. The Morgan fingerprint density at radius 2 is 2.31 bits per heavy atom. The highest BCUT2D eigenvalue weighted by molar-refractivity contribution is 9.09. The summed E-state index contributed by atoms with van der Waals surface area (Å²) in [4.78, 5) is 5.68. The highest BCUT2D eigenvalue weighted by Gasteiger charge is 2.13. The zero-order valence-corrected chi connectivity index (χ0v) is 11.9. The Hall–Kier alpha value is -0.380. The van der Waals surface area contributed by atoms with Crippen LogP contribution in [0.1, 0.15) is 20.8 Å². The molecule has 1 nitrogen and oxygen atoms in total. The quantitative estimate of drug-likeness (QED) is 0.742. The average Bonchev–Trinajstić information content (AvgIpc) is 2.68. The number of hydrogen-bond acceptors (Lipinski definition) is 2.